The first kappa shape index (κ1) is 16.1. The molecule has 4 rings (SSSR count). The van der Waals surface area contributed by atoms with Crippen LogP contribution in [0.15, 0.2) is 34.9 Å². The normalized spacial score (nSPS) is 25.7. The fraction of sp³-hybridized carbons (Fsp3) is 0.444. The number of pyridine rings is 1. The number of furan rings is 1. The standard InChI is InChI=1S/C18H19FN2O4/c1-11-4-6-15(24-11)18(22)21-9-10-23-16-13(21)5-7-14(16)25-17-12(19)3-2-8-20-17/h2-4,6,8,13-14,16H,5,7,9-10H2,1H3/t13-,14+,16+/m1/s1. The van der Waals surface area contributed by atoms with E-state index in [0.29, 0.717) is 31.1 Å². The smallest absolute Gasteiger partial charge is 0.289 e. The quantitative estimate of drug-likeness (QED) is 0.855. The Morgan fingerprint density at radius 3 is 3.00 bits per heavy atom. The number of nitrogens with zero attached hydrogens (tertiary/aromatic N) is 2. The molecule has 2 fully saturated rings. The average molecular weight is 346 g/mol. The summed E-state index contributed by atoms with van der Waals surface area (Å²) in [5, 5.41) is 0. The fourth-order valence-corrected chi connectivity index (χ4v) is 3.59. The van der Waals surface area contributed by atoms with E-state index < -0.39 is 5.82 Å². The van der Waals surface area contributed by atoms with Crippen molar-refractivity contribution < 1.29 is 23.1 Å². The highest BCUT2D eigenvalue weighted by Crippen LogP contribution is 2.34. The van der Waals surface area contributed by atoms with Crippen LogP contribution in [0.1, 0.15) is 29.2 Å². The van der Waals surface area contributed by atoms with E-state index in [4.69, 9.17) is 13.9 Å². The van der Waals surface area contributed by atoms with Crippen LogP contribution in [0.3, 0.4) is 0 Å². The number of rotatable bonds is 3. The second-order valence-corrected chi connectivity index (χ2v) is 6.34. The first-order valence-corrected chi connectivity index (χ1v) is 8.39. The average Bonchev–Trinajstić information content (AvgIpc) is 3.23. The number of carbonyl (C=O) groups excluding carboxylic acids is 1. The highest BCUT2D eigenvalue weighted by molar-refractivity contribution is 5.92. The number of halogens is 1. The van der Waals surface area contributed by atoms with Crippen LogP contribution < -0.4 is 4.74 Å². The number of carbonyl (C=O) groups is 1. The maximum atomic E-state index is 13.8. The predicted molar refractivity (Wildman–Crippen MR) is 85.9 cm³/mol. The van der Waals surface area contributed by atoms with Gasteiger partial charge in [0, 0.05) is 12.7 Å². The molecule has 25 heavy (non-hydrogen) atoms. The Morgan fingerprint density at radius 1 is 1.36 bits per heavy atom. The second-order valence-electron chi connectivity index (χ2n) is 6.34. The van der Waals surface area contributed by atoms with Crippen molar-refractivity contribution >= 4 is 5.91 Å². The Hall–Kier alpha value is -2.41. The van der Waals surface area contributed by atoms with Gasteiger partial charge in [-0.15, -0.1) is 0 Å². The Bertz CT molecular complexity index is 778. The van der Waals surface area contributed by atoms with Gasteiger partial charge in [0.25, 0.3) is 11.8 Å². The van der Waals surface area contributed by atoms with Gasteiger partial charge in [0.1, 0.15) is 18.0 Å². The largest absolute Gasteiger partial charge is 0.469 e. The van der Waals surface area contributed by atoms with Crippen LogP contribution in [-0.2, 0) is 4.74 Å². The molecule has 1 aliphatic heterocycles. The van der Waals surface area contributed by atoms with Crippen molar-refractivity contribution in [1.29, 1.82) is 0 Å². The Balaban J connectivity index is 1.50. The van der Waals surface area contributed by atoms with Crippen molar-refractivity contribution in [3.63, 3.8) is 0 Å². The molecule has 3 heterocycles. The van der Waals surface area contributed by atoms with Gasteiger partial charge in [0.05, 0.1) is 12.6 Å². The zero-order valence-corrected chi connectivity index (χ0v) is 13.9. The molecule has 0 N–H and O–H groups in total. The fourth-order valence-electron chi connectivity index (χ4n) is 3.59. The summed E-state index contributed by atoms with van der Waals surface area (Å²) in [6.45, 7) is 2.72. The zero-order valence-electron chi connectivity index (χ0n) is 13.9. The summed E-state index contributed by atoms with van der Waals surface area (Å²) in [6.07, 6.45) is 2.27. The summed E-state index contributed by atoms with van der Waals surface area (Å²) < 4.78 is 30.8. The van der Waals surface area contributed by atoms with Crippen LogP contribution in [-0.4, -0.2) is 47.2 Å². The van der Waals surface area contributed by atoms with Crippen molar-refractivity contribution in [3.8, 4) is 5.88 Å². The van der Waals surface area contributed by atoms with Gasteiger partial charge < -0.3 is 18.8 Å². The molecule has 2 aliphatic rings. The minimum atomic E-state index is -0.499. The van der Waals surface area contributed by atoms with Crippen molar-refractivity contribution in [2.24, 2.45) is 0 Å². The molecule has 3 atom stereocenters. The zero-order chi connectivity index (χ0) is 17.4. The maximum absolute atomic E-state index is 13.8. The molecule has 1 amide bonds. The first-order valence-electron chi connectivity index (χ1n) is 8.39. The number of aryl methyl sites for hydroxylation is 1. The van der Waals surface area contributed by atoms with E-state index in [0.717, 1.165) is 6.42 Å². The van der Waals surface area contributed by atoms with E-state index in [-0.39, 0.29) is 30.0 Å². The summed E-state index contributed by atoms with van der Waals surface area (Å²) in [7, 11) is 0. The van der Waals surface area contributed by atoms with Crippen LogP contribution in [0.4, 0.5) is 4.39 Å². The van der Waals surface area contributed by atoms with Gasteiger partial charge in [-0.25, -0.2) is 9.37 Å². The third kappa shape index (κ3) is 3.00. The minimum Gasteiger partial charge on any atom is -0.469 e. The molecule has 2 aromatic rings. The van der Waals surface area contributed by atoms with Crippen LogP contribution >= 0.6 is 0 Å². The maximum Gasteiger partial charge on any atom is 0.289 e. The lowest BCUT2D eigenvalue weighted by molar-refractivity contribution is -0.0804. The highest BCUT2D eigenvalue weighted by atomic mass is 19.1. The number of amides is 1. The number of morpholine rings is 1. The third-order valence-electron chi connectivity index (χ3n) is 4.74. The first-order chi connectivity index (χ1) is 12.1. The number of fused-ring (bicyclic) bond motifs is 1. The van der Waals surface area contributed by atoms with Gasteiger partial charge in [-0.2, -0.15) is 0 Å². The number of hydrogen-bond donors (Lipinski definition) is 0. The second kappa shape index (κ2) is 6.48. The summed E-state index contributed by atoms with van der Waals surface area (Å²) in [6, 6.07) is 6.18. The molecule has 1 aliphatic carbocycles. The molecule has 2 aromatic heterocycles. The molecule has 0 aromatic carbocycles. The topological polar surface area (TPSA) is 64.8 Å². The van der Waals surface area contributed by atoms with Gasteiger partial charge in [-0.3, -0.25) is 4.79 Å². The summed E-state index contributed by atoms with van der Waals surface area (Å²) in [4.78, 5) is 18.5. The van der Waals surface area contributed by atoms with E-state index in [2.05, 4.69) is 4.98 Å². The number of aromatic nitrogens is 1. The molecule has 7 heteroatoms. The van der Waals surface area contributed by atoms with Crippen LogP contribution in [0.25, 0.3) is 0 Å². The van der Waals surface area contributed by atoms with Crippen molar-refractivity contribution in [1.82, 2.24) is 9.88 Å². The Morgan fingerprint density at radius 2 is 2.24 bits per heavy atom. The van der Waals surface area contributed by atoms with Crippen molar-refractivity contribution in [2.75, 3.05) is 13.2 Å². The van der Waals surface area contributed by atoms with E-state index in [1.165, 1.54) is 18.3 Å². The van der Waals surface area contributed by atoms with Crippen LogP contribution in [0.5, 0.6) is 5.88 Å². The van der Waals surface area contributed by atoms with E-state index in [1.807, 2.05) is 0 Å². The lowest BCUT2D eigenvalue weighted by Gasteiger charge is -2.38. The van der Waals surface area contributed by atoms with E-state index in [9.17, 15) is 9.18 Å². The SMILES string of the molecule is Cc1ccc(C(=O)N2CCO[C@@H]3[C@@H](Oc4ncccc4F)CC[C@H]32)o1. The molecule has 1 saturated heterocycles. The summed E-state index contributed by atoms with van der Waals surface area (Å²) in [5.41, 5.74) is 0. The van der Waals surface area contributed by atoms with E-state index >= 15 is 0 Å². The molecule has 0 radical (unpaired) electrons. The number of ether oxygens (including phenoxy) is 2. The van der Waals surface area contributed by atoms with Gasteiger partial charge in [0.15, 0.2) is 11.6 Å². The summed E-state index contributed by atoms with van der Waals surface area (Å²) in [5.74, 6) is 0.364. The molecule has 6 nitrogen and oxygen atoms in total. The Kier molecular flexibility index (Phi) is 4.17. The lowest BCUT2D eigenvalue weighted by atomic mass is 10.1. The minimum absolute atomic E-state index is 0.0261. The molecular formula is C18H19FN2O4. The van der Waals surface area contributed by atoms with Crippen molar-refractivity contribution in [3.05, 3.63) is 47.8 Å². The summed E-state index contributed by atoms with van der Waals surface area (Å²) >= 11 is 0. The van der Waals surface area contributed by atoms with Crippen molar-refractivity contribution in [2.45, 2.75) is 38.0 Å². The van der Waals surface area contributed by atoms with Gasteiger partial charge in [-0.1, -0.05) is 0 Å². The molecule has 1 saturated carbocycles. The Labute approximate surface area is 144 Å². The van der Waals surface area contributed by atoms with Gasteiger partial charge >= 0.3 is 0 Å². The molecule has 0 spiro atoms. The van der Waals surface area contributed by atoms with Crippen LogP contribution in [0, 0.1) is 12.7 Å². The molecule has 0 unspecified atom stereocenters. The lowest BCUT2D eigenvalue weighted by Crippen LogP contribution is -2.54. The van der Waals surface area contributed by atoms with Gasteiger partial charge in [0.2, 0.25) is 0 Å². The molecule has 0 bridgehead atoms. The molecule has 132 valence electrons. The highest BCUT2D eigenvalue weighted by Gasteiger charge is 2.46. The third-order valence-corrected chi connectivity index (χ3v) is 4.74. The monoisotopic (exact) mass is 346 g/mol. The number of hydrogen-bond acceptors (Lipinski definition) is 5. The van der Waals surface area contributed by atoms with E-state index in [1.54, 1.807) is 24.0 Å². The van der Waals surface area contributed by atoms with Crippen LogP contribution in [0.2, 0.25) is 0 Å². The molecular weight excluding hydrogens is 327 g/mol. The predicted octanol–water partition coefficient (Wildman–Crippen LogP) is 2.57. The van der Waals surface area contributed by atoms with Gasteiger partial charge in [-0.05, 0) is 44.0 Å².